The van der Waals surface area contributed by atoms with E-state index in [-0.39, 0.29) is 17.6 Å². The van der Waals surface area contributed by atoms with Gasteiger partial charge in [-0.15, -0.1) is 0 Å². The highest BCUT2D eigenvalue weighted by Crippen LogP contribution is 2.28. The fourth-order valence-electron chi connectivity index (χ4n) is 1.78. The van der Waals surface area contributed by atoms with Gasteiger partial charge in [0.1, 0.15) is 0 Å². The van der Waals surface area contributed by atoms with Crippen molar-refractivity contribution in [2.45, 2.75) is 60.2 Å². The number of rotatable bonds is 5. The Morgan fingerprint density at radius 1 is 1.21 bits per heavy atom. The van der Waals surface area contributed by atoms with Crippen molar-refractivity contribution in [2.24, 2.45) is 11.3 Å². The van der Waals surface area contributed by atoms with Crippen LogP contribution >= 0.6 is 0 Å². The summed E-state index contributed by atoms with van der Waals surface area (Å²) in [6.45, 7) is 13.3. The molecule has 2 unspecified atom stereocenters. The first kappa shape index (κ1) is 13.9. The molecular formula is C12H26O2. The summed E-state index contributed by atoms with van der Waals surface area (Å²) in [4.78, 5) is 0. The van der Waals surface area contributed by atoms with Gasteiger partial charge < -0.3 is 9.84 Å². The molecule has 2 atom stereocenters. The second kappa shape index (κ2) is 5.72. The van der Waals surface area contributed by atoms with E-state index in [2.05, 4.69) is 34.6 Å². The molecule has 1 N–H and O–H groups in total. The van der Waals surface area contributed by atoms with E-state index in [0.29, 0.717) is 12.5 Å². The standard InChI is InChI=1S/C12H26O2/c1-7-10(13)8-14-11(9(2)3)12(4,5)6/h9-11,13H,7-8H2,1-6H3. The van der Waals surface area contributed by atoms with E-state index in [1.54, 1.807) is 0 Å². The zero-order valence-corrected chi connectivity index (χ0v) is 10.5. The Morgan fingerprint density at radius 2 is 1.71 bits per heavy atom. The lowest BCUT2D eigenvalue weighted by Gasteiger charge is -2.34. The van der Waals surface area contributed by atoms with Crippen molar-refractivity contribution in [3.63, 3.8) is 0 Å². The first-order valence-corrected chi connectivity index (χ1v) is 5.58. The van der Waals surface area contributed by atoms with Crippen LogP contribution in [0.1, 0.15) is 48.0 Å². The summed E-state index contributed by atoms with van der Waals surface area (Å²) in [7, 11) is 0. The van der Waals surface area contributed by atoms with Crippen LogP contribution in [0.2, 0.25) is 0 Å². The molecule has 0 aliphatic rings. The average Bonchev–Trinajstić information content (AvgIpc) is 2.01. The second-order valence-corrected chi connectivity index (χ2v) is 5.43. The van der Waals surface area contributed by atoms with Gasteiger partial charge in [-0.1, -0.05) is 41.5 Å². The maximum absolute atomic E-state index is 9.43. The van der Waals surface area contributed by atoms with Crippen LogP contribution in [0.25, 0.3) is 0 Å². The molecule has 0 saturated heterocycles. The minimum Gasteiger partial charge on any atom is -0.391 e. The minimum atomic E-state index is -0.321. The second-order valence-electron chi connectivity index (χ2n) is 5.43. The molecule has 0 aromatic rings. The third-order valence-corrected chi connectivity index (χ3v) is 2.40. The van der Waals surface area contributed by atoms with E-state index < -0.39 is 0 Å². The van der Waals surface area contributed by atoms with Gasteiger partial charge in [0.25, 0.3) is 0 Å². The molecule has 0 aliphatic heterocycles. The Kier molecular flexibility index (Phi) is 5.68. The molecule has 0 aromatic heterocycles. The van der Waals surface area contributed by atoms with Gasteiger partial charge in [0.2, 0.25) is 0 Å². The normalized spacial score (nSPS) is 17.1. The van der Waals surface area contributed by atoms with E-state index in [4.69, 9.17) is 4.74 Å². The lowest BCUT2D eigenvalue weighted by atomic mass is 9.82. The minimum absolute atomic E-state index is 0.141. The van der Waals surface area contributed by atoms with E-state index >= 15 is 0 Å². The van der Waals surface area contributed by atoms with Crippen molar-refractivity contribution in [2.75, 3.05) is 6.61 Å². The van der Waals surface area contributed by atoms with Crippen LogP contribution in [0.15, 0.2) is 0 Å². The first-order chi connectivity index (χ1) is 6.29. The van der Waals surface area contributed by atoms with E-state index in [0.717, 1.165) is 6.42 Å². The van der Waals surface area contributed by atoms with Gasteiger partial charge in [-0.3, -0.25) is 0 Å². The van der Waals surface area contributed by atoms with Crippen molar-refractivity contribution in [3.8, 4) is 0 Å². The van der Waals surface area contributed by atoms with Gasteiger partial charge in [-0.05, 0) is 17.8 Å². The Labute approximate surface area is 88.7 Å². The first-order valence-electron chi connectivity index (χ1n) is 5.58. The van der Waals surface area contributed by atoms with Crippen molar-refractivity contribution < 1.29 is 9.84 Å². The smallest absolute Gasteiger partial charge is 0.0771 e. The molecular weight excluding hydrogens is 176 g/mol. The molecule has 14 heavy (non-hydrogen) atoms. The van der Waals surface area contributed by atoms with E-state index in [9.17, 15) is 5.11 Å². The fourth-order valence-corrected chi connectivity index (χ4v) is 1.78. The van der Waals surface area contributed by atoms with Gasteiger partial charge in [0, 0.05) is 0 Å². The summed E-state index contributed by atoms with van der Waals surface area (Å²) < 4.78 is 5.77. The third kappa shape index (κ3) is 4.97. The number of hydrogen-bond acceptors (Lipinski definition) is 2. The molecule has 0 saturated carbocycles. The molecule has 2 heteroatoms. The summed E-state index contributed by atoms with van der Waals surface area (Å²) in [6.07, 6.45) is 0.650. The summed E-state index contributed by atoms with van der Waals surface area (Å²) >= 11 is 0. The van der Waals surface area contributed by atoms with Gasteiger partial charge in [0.15, 0.2) is 0 Å². The van der Waals surface area contributed by atoms with Gasteiger partial charge in [-0.2, -0.15) is 0 Å². The van der Waals surface area contributed by atoms with Crippen LogP contribution in [0.3, 0.4) is 0 Å². The van der Waals surface area contributed by atoms with Gasteiger partial charge >= 0.3 is 0 Å². The van der Waals surface area contributed by atoms with Crippen LogP contribution < -0.4 is 0 Å². The van der Waals surface area contributed by atoms with Crippen molar-refractivity contribution >= 4 is 0 Å². The highest BCUT2D eigenvalue weighted by atomic mass is 16.5. The molecule has 0 rings (SSSR count). The molecule has 0 aromatic carbocycles. The average molecular weight is 202 g/mol. The lowest BCUT2D eigenvalue weighted by molar-refractivity contribution is -0.0773. The Hall–Kier alpha value is -0.0800. The number of hydrogen-bond donors (Lipinski definition) is 1. The lowest BCUT2D eigenvalue weighted by Crippen LogP contribution is -2.36. The zero-order chi connectivity index (χ0) is 11.4. The Balaban J connectivity index is 4.12. The molecule has 0 bridgehead atoms. The quantitative estimate of drug-likeness (QED) is 0.743. The monoisotopic (exact) mass is 202 g/mol. The van der Waals surface area contributed by atoms with Gasteiger partial charge in [0.05, 0.1) is 18.8 Å². The highest BCUT2D eigenvalue weighted by molar-refractivity contribution is 4.77. The Morgan fingerprint density at radius 3 is 2.00 bits per heavy atom. The predicted octanol–water partition coefficient (Wildman–Crippen LogP) is 2.84. The third-order valence-electron chi connectivity index (χ3n) is 2.40. The molecule has 2 nitrogen and oxygen atoms in total. The van der Waals surface area contributed by atoms with Crippen LogP contribution in [-0.2, 0) is 4.74 Å². The number of ether oxygens (including phenoxy) is 1. The predicted molar refractivity (Wildman–Crippen MR) is 60.3 cm³/mol. The molecule has 0 spiro atoms. The van der Waals surface area contributed by atoms with Crippen molar-refractivity contribution in [1.82, 2.24) is 0 Å². The number of aliphatic hydroxyl groups excluding tert-OH is 1. The van der Waals surface area contributed by atoms with Crippen LogP contribution in [0, 0.1) is 11.3 Å². The van der Waals surface area contributed by atoms with E-state index in [1.165, 1.54) is 0 Å². The molecule has 0 radical (unpaired) electrons. The largest absolute Gasteiger partial charge is 0.391 e. The maximum Gasteiger partial charge on any atom is 0.0771 e. The summed E-state index contributed by atoms with van der Waals surface area (Å²) in [5.41, 5.74) is 0.141. The van der Waals surface area contributed by atoms with E-state index in [1.807, 2.05) is 6.92 Å². The summed E-state index contributed by atoms with van der Waals surface area (Å²) in [6, 6.07) is 0. The van der Waals surface area contributed by atoms with Crippen molar-refractivity contribution in [1.29, 1.82) is 0 Å². The van der Waals surface area contributed by atoms with Crippen molar-refractivity contribution in [3.05, 3.63) is 0 Å². The Bertz CT molecular complexity index is 147. The van der Waals surface area contributed by atoms with Crippen LogP contribution in [0.5, 0.6) is 0 Å². The topological polar surface area (TPSA) is 29.5 Å². The molecule has 0 amide bonds. The molecule has 0 heterocycles. The zero-order valence-electron chi connectivity index (χ0n) is 10.5. The fraction of sp³-hybridized carbons (Fsp3) is 1.00. The maximum atomic E-state index is 9.43. The number of aliphatic hydroxyl groups is 1. The SMILES string of the molecule is CCC(O)COC(C(C)C)C(C)(C)C. The molecule has 0 aliphatic carbocycles. The molecule has 0 fully saturated rings. The van der Waals surface area contributed by atoms with Crippen LogP contribution in [0.4, 0.5) is 0 Å². The molecule has 86 valence electrons. The summed E-state index contributed by atoms with van der Waals surface area (Å²) in [5, 5.41) is 9.43. The highest BCUT2D eigenvalue weighted by Gasteiger charge is 2.28. The summed E-state index contributed by atoms with van der Waals surface area (Å²) in [5.74, 6) is 0.485. The van der Waals surface area contributed by atoms with Gasteiger partial charge in [-0.25, -0.2) is 0 Å². The van der Waals surface area contributed by atoms with Crippen LogP contribution in [-0.4, -0.2) is 23.9 Å².